The van der Waals surface area contributed by atoms with E-state index in [0.717, 1.165) is 10.0 Å². The van der Waals surface area contributed by atoms with E-state index in [9.17, 15) is 9.18 Å². The van der Waals surface area contributed by atoms with Gasteiger partial charge in [0.2, 0.25) is 0 Å². The van der Waals surface area contributed by atoms with Gasteiger partial charge in [-0.2, -0.15) is 0 Å². The summed E-state index contributed by atoms with van der Waals surface area (Å²) in [5.74, 6) is -0.682. The number of allylic oxidation sites excluding steroid dienone is 1. The first kappa shape index (κ1) is 14.5. The maximum absolute atomic E-state index is 13.5. The zero-order valence-corrected chi connectivity index (χ0v) is 12.4. The molecular formula is C16H12BrFO2. The molecule has 0 amide bonds. The van der Waals surface area contributed by atoms with Gasteiger partial charge in [-0.15, -0.1) is 0 Å². The third-order valence-corrected chi connectivity index (χ3v) is 3.21. The first-order chi connectivity index (χ1) is 9.60. The maximum atomic E-state index is 13.5. The van der Waals surface area contributed by atoms with Crippen LogP contribution in [-0.4, -0.2) is 12.9 Å². The van der Waals surface area contributed by atoms with Crippen LogP contribution in [0.2, 0.25) is 0 Å². The van der Waals surface area contributed by atoms with Gasteiger partial charge in [0.15, 0.2) is 17.3 Å². The lowest BCUT2D eigenvalue weighted by atomic mass is 10.1. The van der Waals surface area contributed by atoms with E-state index in [0.29, 0.717) is 0 Å². The summed E-state index contributed by atoms with van der Waals surface area (Å²) in [4.78, 5) is 11.9. The Kier molecular flexibility index (Phi) is 4.69. The fourth-order valence-corrected chi connectivity index (χ4v) is 2.11. The lowest BCUT2D eigenvalue weighted by Gasteiger charge is -2.02. The molecular weight excluding hydrogens is 323 g/mol. The van der Waals surface area contributed by atoms with Gasteiger partial charge in [-0.1, -0.05) is 34.1 Å². The highest BCUT2D eigenvalue weighted by Crippen LogP contribution is 2.18. The lowest BCUT2D eigenvalue weighted by molar-refractivity contribution is 0.104. The molecule has 102 valence electrons. The fraction of sp³-hybridized carbons (Fsp3) is 0.0625. The molecule has 0 radical (unpaired) electrons. The molecule has 0 aliphatic rings. The summed E-state index contributed by atoms with van der Waals surface area (Å²) >= 11 is 3.36. The first-order valence-corrected chi connectivity index (χ1v) is 6.71. The Morgan fingerprint density at radius 2 is 2.05 bits per heavy atom. The Morgan fingerprint density at radius 1 is 1.25 bits per heavy atom. The van der Waals surface area contributed by atoms with Crippen LogP contribution in [0, 0.1) is 5.82 Å². The van der Waals surface area contributed by atoms with Crippen molar-refractivity contribution >= 4 is 27.8 Å². The average molecular weight is 335 g/mol. The standard InChI is InChI=1S/C16H12BrFO2/c1-20-16-8-6-12(10-14(16)18)15(19)7-5-11-3-2-4-13(17)9-11/h2-10H,1H3/b7-5+. The minimum atomic E-state index is -0.547. The van der Waals surface area contributed by atoms with Crippen LogP contribution < -0.4 is 4.74 Å². The van der Waals surface area contributed by atoms with Gasteiger partial charge in [0.1, 0.15) is 0 Å². The average Bonchev–Trinajstić information content (AvgIpc) is 2.44. The van der Waals surface area contributed by atoms with Gasteiger partial charge in [-0.3, -0.25) is 4.79 Å². The Bertz CT molecular complexity index is 665. The molecule has 0 aromatic heterocycles. The molecule has 0 fully saturated rings. The predicted octanol–water partition coefficient (Wildman–Crippen LogP) is 4.49. The van der Waals surface area contributed by atoms with Crippen LogP contribution in [0.5, 0.6) is 5.75 Å². The van der Waals surface area contributed by atoms with Gasteiger partial charge in [0.25, 0.3) is 0 Å². The van der Waals surface area contributed by atoms with Crippen LogP contribution >= 0.6 is 15.9 Å². The number of halogens is 2. The largest absolute Gasteiger partial charge is 0.494 e. The SMILES string of the molecule is COc1ccc(C(=O)/C=C/c2cccc(Br)c2)cc1F. The fourth-order valence-electron chi connectivity index (χ4n) is 1.70. The Balaban J connectivity index is 2.18. The lowest BCUT2D eigenvalue weighted by Crippen LogP contribution is -1.97. The van der Waals surface area contributed by atoms with E-state index in [-0.39, 0.29) is 17.1 Å². The summed E-state index contributed by atoms with van der Waals surface area (Å²) in [5, 5.41) is 0. The summed E-state index contributed by atoms with van der Waals surface area (Å²) in [7, 11) is 1.38. The topological polar surface area (TPSA) is 26.3 Å². The third-order valence-electron chi connectivity index (χ3n) is 2.71. The van der Waals surface area contributed by atoms with Gasteiger partial charge >= 0.3 is 0 Å². The van der Waals surface area contributed by atoms with Crippen molar-refractivity contribution in [1.29, 1.82) is 0 Å². The number of ketones is 1. The monoisotopic (exact) mass is 334 g/mol. The van der Waals surface area contributed by atoms with Crippen LogP contribution in [0.4, 0.5) is 4.39 Å². The Hall–Kier alpha value is -1.94. The molecule has 0 unspecified atom stereocenters. The van der Waals surface area contributed by atoms with E-state index in [1.54, 1.807) is 6.08 Å². The van der Waals surface area contributed by atoms with Crippen molar-refractivity contribution in [1.82, 2.24) is 0 Å². The molecule has 2 aromatic rings. The van der Waals surface area contributed by atoms with Crippen molar-refractivity contribution in [3.63, 3.8) is 0 Å². The van der Waals surface area contributed by atoms with E-state index >= 15 is 0 Å². The van der Waals surface area contributed by atoms with Crippen molar-refractivity contribution in [2.45, 2.75) is 0 Å². The molecule has 0 N–H and O–H groups in total. The molecule has 4 heteroatoms. The van der Waals surface area contributed by atoms with Gasteiger partial charge < -0.3 is 4.74 Å². The Morgan fingerprint density at radius 3 is 2.70 bits per heavy atom. The predicted molar refractivity (Wildman–Crippen MR) is 80.5 cm³/mol. The summed E-state index contributed by atoms with van der Waals surface area (Å²) < 4.78 is 19.3. The Labute approximate surface area is 125 Å². The van der Waals surface area contributed by atoms with E-state index < -0.39 is 5.82 Å². The zero-order chi connectivity index (χ0) is 14.5. The van der Waals surface area contributed by atoms with Crippen LogP contribution in [0.15, 0.2) is 53.0 Å². The number of rotatable bonds is 4. The second-order valence-electron chi connectivity index (χ2n) is 4.10. The number of hydrogen-bond acceptors (Lipinski definition) is 2. The molecule has 2 aromatic carbocycles. The van der Waals surface area contributed by atoms with E-state index in [1.165, 1.54) is 31.4 Å². The molecule has 0 spiro atoms. The van der Waals surface area contributed by atoms with Gasteiger partial charge in [0, 0.05) is 10.0 Å². The maximum Gasteiger partial charge on any atom is 0.185 e. The van der Waals surface area contributed by atoms with Crippen LogP contribution in [0.1, 0.15) is 15.9 Å². The number of benzene rings is 2. The highest BCUT2D eigenvalue weighted by molar-refractivity contribution is 9.10. The number of carbonyl (C=O) groups excluding carboxylic acids is 1. The molecule has 2 rings (SSSR count). The minimum absolute atomic E-state index is 0.123. The van der Waals surface area contributed by atoms with Crippen molar-refractivity contribution < 1.29 is 13.9 Å². The van der Waals surface area contributed by atoms with Crippen LogP contribution in [0.25, 0.3) is 6.08 Å². The summed E-state index contributed by atoms with van der Waals surface area (Å²) in [6.45, 7) is 0. The second kappa shape index (κ2) is 6.48. The first-order valence-electron chi connectivity index (χ1n) is 5.91. The molecule has 2 nitrogen and oxygen atoms in total. The zero-order valence-electron chi connectivity index (χ0n) is 10.8. The molecule has 0 saturated carbocycles. The van der Waals surface area contributed by atoms with Crippen molar-refractivity contribution in [2.75, 3.05) is 7.11 Å². The summed E-state index contributed by atoms with van der Waals surface area (Å²) in [5.41, 5.74) is 1.18. The van der Waals surface area contributed by atoms with Gasteiger partial charge in [-0.25, -0.2) is 4.39 Å². The highest BCUT2D eigenvalue weighted by atomic mass is 79.9. The smallest absolute Gasteiger partial charge is 0.185 e. The van der Waals surface area contributed by atoms with Crippen LogP contribution in [0.3, 0.4) is 0 Å². The van der Waals surface area contributed by atoms with Crippen molar-refractivity contribution in [3.8, 4) is 5.75 Å². The van der Waals surface area contributed by atoms with E-state index in [2.05, 4.69) is 15.9 Å². The quantitative estimate of drug-likeness (QED) is 0.608. The van der Waals surface area contributed by atoms with Gasteiger partial charge in [0.05, 0.1) is 7.11 Å². The molecule has 0 heterocycles. The molecule has 0 saturated heterocycles. The number of carbonyl (C=O) groups is 1. The molecule has 0 aliphatic heterocycles. The molecule has 0 aliphatic carbocycles. The van der Waals surface area contributed by atoms with Crippen molar-refractivity contribution in [2.24, 2.45) is 0 Å². The second-order valence-corrected chi connectivity index (χ2v) is 5.02. The number of methoxy groups -OCH3 is 1. The highest BCUT2D eigenvalue weighted by Gasteiger charge is 2.07. The van der Waals surface area contributed by atoms with Crippen LogP contribution in [-0.2, 0) is 0 Å². The summed E-state index contributed by atoms with van der Waals surface area (Å²) in [6, 6.07) is 11.7. The number of hydrogen-bond donors (Lipinski definition) is 0. The molecule has 0 atom stereocenters. The minimum Gasteiger partial charge on any atom is -0.494 e. The van der Waals surface area contributed by atoms with E-state index in [4.69, 9.17) is 4.74 Å². The molecule has 0 bridgehead atoms. The molecule has 20 heavy (non-hydrogen) atoms. The van der Waals surface area contributed by atoms with E-state index in [1.807, 2.05) is 24.3 Å². The third kappa shape index (κ3) is 3.54. The number of ether oxygens (including phenoxy) is 1. The van der Waals surface area contributed by atoms with Crippen molar-refractivity contribution in [3.05, 3.63) is 70.0 Å². The van der Waals surface area contributed by atoms with Gasteiger partial charge in [-0.05, 0) is 42.0 Å². The summed E-state index contributed by atoms with van der Waals surface area (Å²) in [6.07, 6.45) is 3.11. The normalized spacial score (nSPS) is 10.8.